The Morgan fingerprint density at radius 1 is 0.805 bits per heavy atom. The molecule has 1 aromatic heterocycles. The zero-order valence-electron chi connectivity index (χ0n) is 23.0. The minimum atomic E-state index is -3.91. The molecule has 0 spiro atoms. The van der Waals surface area contributed by atoms with E-state index >= 15 is 0 Å². The van der Waals surface area contributed by atoms with E-state index in [0.29, 0.717) is 5.56 Å². The Bertz CT molecular complexity index is 1840. The van der Waals surface area contributed by atoms with E-state index in [1.54, 1.807) is 32.9 Å². The van der Waals surface area contributed by atoms with Crippen molar-refractivity contribution in [3.63, 3.8) is 0 Å². The number of aliphatic carboxylic acids is 1. The summed E-state index contributed by atoms with van der Waals surface area (Å²) in [5, 5.41) is 11.6. The first-order chi connectivity index (χ1) is 19.4. The Morgan fingerprint density at radius 3 is 2.02 bits per heavy atom. The molecule has 4 aromatic carbocycles. The number of sulfone groups is 1. The maximum atomic E-state index is 12.8. The lowest BCUT2D eigenvalue weighted by Crippen LogP contribution is -2.37. The summed E-state index contributed by atoms with van der Waals surface area (Å²) in [5.74, 6) is -5.61. The maximum absolute atomic E-state index is 12.8. The monoisotopic (exact) mass is 570 g/mol. The van der Waals surface area contributed by atoms with Crippen LogP contribution in [0.15, 0.2) is 95.4 Å². The van der Waals surface area contributed by atoms with E-state index in [9.17, 15) is 23.1 Å². The van der Waals surface area contributed by atoms with Crippen LogP contribution in [-0.4, -0.2) is 36.8 Å². The van der Waals surface area contributed by atoms with Gasteiger partial charge in [-0.3, -0.25) is 9.59 Å². The minimum absolute atomic E-state index is 0.389. The average molecular weight is 571 g/mol. The predicted molar refractivity (Wildman–Crippen MR) is 159 cm³/mol. The van der Waals surface area contributed by atoms with Crippen molar-refractivity contribution in [1.29, 1.82) is 0 Å². The quantitative estimate of drug-likeness (QED) is 0.160. The van der Waals surface area contributed by atoms with E-state index < -0.39 is 39.0 Å². The van der Waals surface area contributed by atoms with Crippen molar-refractivity contribution >= 4 is 43.7 Å². The number of esters is 1. The molecule has 0 bridgehead atoms. The lowest BCUT2D eigenvalue weighted by Gasteiger charge is -2.22. The normalized spacial score (nSPS) is 12.9. The number of carbonyl (C=O) groups is 2. The van der Waals surface area contributed by atoms with Gasteiger partial charge in [-0.25, -0.2) is 8.42 Å². The van der Waals surface area contributed by atoms with Crippen LogP contribution in [0.2, 0.25) is 0 Å². The van der Waals surface area contributed by atoms with Gasteiger partial charge in [0.15, 0.2) is 15.8 Å². The van der Waals surface area contributed by atoms with Crippen molar-refractivity contribution in [3.8, 4) is 22.3 Å². The molecule has 1 unspecified atom stereocenters. The Labute approximate surface area is 238 Å². The number of rotatable bonds is 8. The first-order valence-corrected chi connectivity index (χ1v) is 15.0. The number of carboxylic acids is 1. The molecule has 0 amide bonds. The Balaban J connectivity index is 1.31. The minimum Gasteiger partial charge on any atom is -0.481 e. The standard InChI is InChI=1S/C33H30O7S/c1-33(2,3)40-32(36)28(31(34)35)20-41(37,38)19-21-11-13-22(14-12-21)23-15-17-24(18-16-23)25-8-6-9-27-26-7-4-5-10-29(26)39-30(25)27/h4-18,28H,19-20H2,1-3H3,(H,34,35). The molecule has 5 rings (SSSR count). The molecule has 1 atom stereocenters. The summed E-state index contributed by atoms with van der Waals surface area (Å²) >= 11 is 0. The fourth-order valence-corrected chi connectivity index (χ4v) is 6.39. The highest BCUT2D eigenvalue weighted by Gasteiger charge is 2.35. The lowest BCUT2D eigenvalue weighted by molar-refractivity contribution is -0.165. The fourth-order valence-electron chi connectivity index (χ4n) is 4.79. The first-order valence-electron chi connectivity index (χ1n) is 13.2. The molecular formula is C33H30O7S. The first kappa shape index (κ1) is 28.1. The van der Waals surface area contributed by atoms with Crippen molar-refractivity contribution in [1.82, 2.24) is 0 Å². The summed E-state index contributed by atoms with van der Waals surface area (Å²) in [6.07, 6.45) is 0. The molecule has 41 heavy (non-hydrogen) atoms. The molecule has 8 heteroatoms. The van der Waals surface area contributed by atoms with Gasteiger partial charge in [0.05, 0.1) is 11.5 Å². The number of furan rings is 1. The van der Waals surface area contributed by atoms with Crippen molar-refractivity contribution in [2.45, 2.75) is 32.1 Å². The molecule has 0 saturated carbocycles. The van der Waals surface area contributed by atoms with Crippen LogP contribution in [0, 0.1) is 5.92 Å². The van der Waals surface area contributed by atoms with Crippen molar-refractivity contribution < 1.29 is 32.3 Å². The van der Waals surface area contributed by atoms with E-state index in [2.05, 4.69) is 12.1 Å². The number of hydrogen-bond acceptors (Lipinski definition) is 6. The molecule has 0 saturated heterocycles. The van der Waals surface area contributed by atoms with Gasteiger partial charge in [0.25, 0.3) is 0 Å². The third kappa shape index (κ3) is 6.33. The lowest BCUT2D eigenvalue weighted by atomic mass is 9.98. The Morgan fingerprint density at radius 2 is 1.39 bits per heavy atom. The zero-order valence-corrected chi connectivity index (χ0v) is 23.8. The molecule has 7 nitrogen and oxygen atoms in total. The molecule has 210 valence electrons. The summed E-state index contributed by atoms with van der Waals surface area (Å²) in [6, 6.07) is 29.2. The van der Waals surface area contributed by atoms with Gasteiger partial charge in [-0.15, -0.1) is 0 Å². The summed E-state index contributed by atoms with van der Waals surface area (Å²) in [4.78, 5) is 23.9. The van der Waals surface area contributed by atoms with Crippen LogP contribution in [0.25, 0.3) is 44.2 Å². The molecule has 0 fully saturated rings. The molecular weight excluding hydrogens is 540 g/mol. The van der Waals surface area contributed by atoms with Crippen LogP contribution in [0.1, 0.15) is 26.3 Å². The highest BCUT2D eigenvalue weighted by molar-refractivity contribution is 7.90. The van der Waals surface area contributed by atoms with Gasteiger partial charge >= 0.3 is 11.9 Å². The number of benzene rings is 4. The van der Waals surface area contributed by atoms with Gasteiger partial charge in [-0.1, -0.05) is 84.9 Å². The van der Waals surface area contributed by atoms with Gasteiger partial charge in [0.2, 0.25) is 0 Å². The van der Waals surface area contributed by atoms with E-state index in [0.717, 1.165) is 44.2 Å². The smallest absolute Gasteiger partial charge is 0.321 e. The highest BCUT2D eigenvalue weighted by Crippen LogP contribution is 2.36. The Kier molecular flexibility index (Phi) is 7.44. The van der Waals surface area contributed by atoms with Crippen LogP contribution in [-0.2, 0) is 29.9 Å². The van der Waals surface area contributed by atoms with Crippen LogP contribution >= 0.6 is 0 Å². The molecule has 0 aliphatic rings. The zero-order chi connectivity index (χ0) is 29.4. The molecule has 0 radical (unpaired) electrons. The van der Waals surface area contributed by atoms with Gasteiger partial charge in [0, 0.05) is 16.3 Å². The van der Waals surface area contributed by atoms with Crippen LogP contribution in [0.3, 0.4) is 0 Å². The van der Waals surface area contributed by atoms with E-state index in [-0.39, 0.29) is 5.75 Å². The van der Waals surface area contributed by atoms with Gasteiger partial charge in [-0.05, 0) is 49.1 Å². The van der Waals surface area contributed by atoms with E-state index in [1.165, 1.54) is 0 Å². The maximum Gasteiger partial charge on any atom is 0.321 e. The van der Waals surface area contributed by atoms with Gasteiger partial charge in [0.1, 0.15) is 16.8 Å². The number of carbonyl (C=O) groups excluding carboxylic acids is 1. The molecule has 1 heterocycles. The molecule has 1 N–H and O–H groups in total. The summed E-state index contributed by atoms with van der Waals surface area (Å²) < 4.78 is 36.8. The van der Waals surface area contributed by atoms with Gasteiger partial charge < -0.3 is 14.3 Å². The van der Waals surface area contributed by atoms with Crippen molar-refractivity contribution in [2.24, 2.45) is 5.92 Å². The van der Waals surface area contributed by atoms with Crippen molar-refractivity contribution in [3.05, 3.63) is 96.6 Å². The number of fused-ring (bicyclic) bond motifs is 3. The number of carboxylic acid groups (broad SMARTS) is 1. The topological polar surface area (TPSA) is 111 Å². The van der Waals surface area contributed by atoms with Gasteiger partial charge in [-0.2, -0.15) is 0 Å². The molecule has 0 aliphatic heterocycles. The number of hydrogen-bond donors (Lipinski definition) is 1. The number of para-hydroxylation sites is 2. The third-order valence-corrected chi connectivity index (χ3v) is 8.30. The van der Waals surface area contributed by atoms with Crippen LogP contribution in [0.4, 0.5) is 0 Å². The highest BCUT2D eigenvalue weighted by atomic mass is 32.2. The second-order valence-corrected chi connectivity index (χ2v) is 13.1. The fraction of sp³-hybridized carbons (Fsp3) is 0.212. The third-order valence-electron chi connectivity index (χ3n) is 6.68. The number of ether oxygens (including phenoxy) is 1. The van der Waals surface area contributed by atoms with Crippen LogP contribution < -0.4 is 0 Å². The Hall–Kier alpha value is -4.43. The largest absolute Gasteiger partial charge is 0.481 e. The van der Waals surface area contributed by atoms with E-state index in [4.69, 9.17) is 9.15 Å². The average Bonchev–Trinajstić information content (AvgIpc) is 3.30. The molecule has 0 aliphatic carbocycles. The summed E-state index contributed by atoms with van der Waals surface area (Å²) in [6.45, 7) is 4.78. The molecule has 5 aromatic rings. The SMILES string of the molecule is CC(C)(C)OC(=O)C(CS(=O)(=O)Cc1ccc(-c2ccc(-c3cccc4c3oc3ccccc34)cc2)cc1)C(=O)O. The summed E-state index contributed by atoms with van der Waals surface area (Å²) in [7, 11) is -3.91. The second kappa shape index (κ2) is 10.9. The summed E-state index contributed by atoms with van der Waals surface area (Å²) in [5.41, 5.74) is 5.11. The van der Waals surface area contributed by atoms with Crippen LogP contribution in [0.5, 0.6) is 0 Å². The predicted octanol–water partition coefficient (Wildman–Crippen LogP) is 6.88. The second-order valence-electron chi connectivity index (χ2n) is 11.0. The van der Waals surface area contributed by atoms with E-state index in [1.807, 2.05) is 66.7 Å². The van der Waals surface area contributed by atoms with Crippen molar-refractivity contribution in [2.75, 3.05) is 5.75 Å².